The van der Waals surface area contributed by atoms with Crippen molar-refractivity contribution in [3.05, 3.63) is 82.1 Å². The van der Waals surface area contributed by atoms with Crippen molar-refractivity contribution >= 4 is 34.4 Å². The molecule has 1 fully saturated rings. The number of hydrogen-bond acceptors (Lipinski definition) is 7. The Balaban J connectivity index is 1.73. The average Bonchev–Trinajstić information content (AvgIpc) is 3.40. The maximum atomic E-state index is 13.8. The fourth-order valence-corrected chi connectivity index (χ4v) is 5.88. The molecular weight excluding hydrogens is 590 g/mol. The number of nitrogens with zero attached hydrogens (tertiary/aromatic N) is 1. The van der Waals surface area contributed by atoms with Crippen molar-refractivity contribution in [1.82, 2.24) is 25.8 Å². The Morgan fingerprint density at radius 1 is 1.09 bits per heavy atom. The van der Waals surface area contributed by atoms with Crippen LogP contribution in [0.5, 0.6) is 0 Å². The van der Waals surface area contributed by atoms with E-state index in [4.69, 9.17) is 21.1 Å². The maximum absolute atomic E-state index is 13.8. The molecule has 4 rings (SSSR count). The van der Waals surface area contributed by atoms with Crippen LogP contribution in [0, 0.1) is 5.92 Å². The first-order valence-corrected chi connectivity index (χ1v) is 16.5. The standard InChI is InChI=1S/C35H48ClN5O4/c1-5-10-28(38-23-25-11-8-7-9-12-25)32(31-27-14-13-26(36)22-29(27)39-33(31)35(43)45-6-2)40-30(21-24(3)4)34(42)37-15-16-41-17-19-44-20-18-41/h7-14,22,24,30,32,38-40H,5-6,15-21,23H2,1-4H3,(H,37,42)/b28-10-. The molecule has 2 atom stereocenters. The molecule has 2 aromatic carbocycles. The number of halogens is 1. The van der Waals surface area contributed by atoms with Gasteiger partial charge in [-0.1, -0.05) is 74.8 Å². The lowest BCUT2D eigenvalue weighted by molar-refractivity contribution is -0.123. The van der Waals surface area contributed by atoms with Crippen LogP contribution in [0.4, 0.5) is 0 Å². The SMILES string of the molecule is CC/C=C(\NCc1ccccc1)C(NC(CC(C)C)C(=O)NCCN1CCOCC1)c1c(C(=O)OCC)[nH]c2cc(Cl)ccc12. The molecule has 1 aromatic heterocycles. The fourth-order valence-electron chi connectivity index (χ4n) is 5.70. The molecule has 1 aliphatic heterocycles. The van der Waals surface area contributed by atoms with E-state index in [1.807, 2.05) is 36.4 Å². The Morgan fingerprint density at radius 2 is 1.84 bits per heavy atom. The lowest BCUT2D eigenvalue weighted by atomic mass is 9.95. The highest BCUT2D eigenvalue weighted by Crippen LogP contribution is 2.34. The molecule has 0 aliphatic carbocycles. The third-order valence-electron chi connectivity index (χ3n) is 7.87. The summed E-state index contributed by atoms with van der Waals surface area (Å²) in [7, 11) is 0. The summed E-state index contributed by atoms with van der Waals surface area (Å²) < 4.78 is 11.0. The van der Waals surface area contributed by atoms with E-state index >= 15 is 0 Å². The number of carbonyl (C=O) groups excluding carboxylic acids is 2. The number of fused-ring (bicyclic) bond motifs is 1. The van der Waals surface area contributed by atoms with Gasteiger partial charge in [-0.25, -0.2) is 4.79 Å². The third kappa shape index (κ3) is 9.81. The molecule has 2 unspecified atom stereocenters. The highest BCUT2D eigenvalue weighted by molar-refractivity contribution is 6.31. The zero-order chi connectivity index (χ0) is 32.2. The molecule has 2 heterocycles. The minimum atomic E-state index is -0.531. The van der Waals surface area contributed by atoms with Crippen LogP contribution in [0.25, 0.3) is 10.9 Å². The molecule has 0 saturated carbocycles. The summed E-state index contributed by atoms with van der Waals surface area (Å²) in [6.45, 7) is 13.4. The van der Waals surface area contributed by atoms with Crippen molar-refractivity contribution in [3.63, 3.8) is 0 Å². The van der Waals surface area contributed by atoms with E-state index in [1.165, 1.54) is 0 Å². The van der Waals surface area contributed by atoms with Gasteiger partial charge >= 0.3 is 5.97 Å². The second-order valence-electron chi connectivity index (χ2n) is 11.8. The highest BCUT2D eigenvalue weighted by Gasteiger charge is 2.32. The summed E-state index contributed by atoms with van der Waals surface area (Å²) in [5.41, 5.74) is 3.77. The van der Waals surface area contributed by atoms with Gasteiger partial charge < -0.3 is 25.1 Å². The molecule has 0 spiro atoms. The lowest BCUT2D eigenvalue weighted by Crippen LogP contribution is -2.49. The lowest BCUT2D eigenvalue weighted by Gasteiger charge is -2.30. The first-order chi connectivity index (χ1) is 21.8. The normalized spacial score (nSPS) is 15.6. The number of benzene rings is 2. The second kappa shape index (κ2) is 17.4. The number of rotatable bonds is 16. The van der Waals surface area contributed by atoms with E-state index in [1.54, 1.807) is 6.92 Å². The zero-order valence-electron chi connectivity index (χ0n) is 27.0. The minimum Gasteiger partial charge on any atom is -0.461 e. The van der Waals surface area contributed by atoms with Gasteiger partial charge in [0.2, 0.25) is 5.91 Å². The van der Waals surface area contributed by atoms with Crippen LogP contribution in [0.3, 0.4) is 0 Å². The van der Waals surface area contributed by atoms with Gasteiger partial charge in [-0.2, -0.15) is 0 Å². The van der Waals surface area contributed by atoms with Crippen molar-refractivity contribution in [2.45, 2.75) is 59.2 Å². The molecular formula is C35H48ClN5O4. The number of hydrogen-bond donors (Lipinski definition) is 4. The van der Waals surface area contributed by atoms with Gasteiger partial charge in [0, 0.05) is 59.9 Å². The molecule has 10 heteroatoms. The van der Waals surface area contributed by atoms with Gasteiger partial charge in [0.25, 0.3) is 0 Å². The molecule has 244 valence electrons. The summed E-state index contributed by atoms with van der Waals surface area (Å²) in [5.74, 6) is -0.280. The van der Waals surface area contributed by atoms with Gasteiger partial charge in [0.15, 0.2) is 0 Å². The molecule has 0 bridgehead atoms. The number of H-pyrrole nitrogens is 1. The Hall–Kier alpha value is -3.37. The van der Waals surface area contributed by atoms with E-state index in [2.05, 4.69) is 64.8 Å². The van der Waals surface area contributed by atoms with Gasteiger partial charge in [0.1, 0.15) is 5.69 Å². The Morgan fingerprint density at radius 3 is 2.53 bits per heavy atom. The highest BCUT2D eigenvalue weighted by atomic mass is 35.5. The number of aromatic amines is 1. The fraction of sp³-hybridized carbons (Fsp3) is 0.486. The van der Waals surface area contributed by atoms with Crippen molar-refractivity contribution < 1.29 is 19.1 Å². The number of ether oxygens (including phenoxy) is 2. The second-order valence-corrected chi connectivity index (χ2v) is 12.2. The van der Waals surface area contributed by atoms with Crippen LogP contribution >= 0.6 is 11.6 Å². The summed E-state index contributed by atoms with van der Waals surface area (Å²) in [4.78, 5) is 32.9. The van der Waals surface area contributed by atoms with Crippen LogP contribution < -0.4 is 16.0 Å². The monoisotopic (exact) mass is 637 g/mol. The van der Waals surface area contributed by atoms with Gasteiger partial charge in [-0.15, -0.1) is 0 Å². The van der Waals surface area contributed by atoms with Crippen LogP contribution in [0.15, 0.2) is 60.3 Å². The summed E-state index contributed by atoms with van der Waals surface area (Å²) in [6.07, 6.45) is 3.48. The van der Waals surface area contributed by atoms with Crippen LogP contribution in [-0.4, -0.2) is 73.8 Å². The molecule has 1 amide bonds. The average molecular weight is 638 g/mol. The largest absolute Gasteiger partial charge is 0.461 e. The molecule has 1 saturated heterocycles. The van der Waals surface area contributed by atoms with E-state index in [-0.39, 0.29) is 18.4 Å². The topological polar surface area (TPSA) is 108 Å². The van der Waals surface area contributed by atoms with Gasteiger partial charge in [-0.3, -0.25) is 15.0 Å². The molecule has 1 aliphatic rings. The van der Waals surface area contributed by atoms with Crippen molar-refractivity contribution in [2.24, 2.45) is 5.92 Å². The van der Waals surface area contributed by atoms with E-state index in [0.717, 1.165) is 53.8 Å². The van der Waals surface area contributed by atoms with Gasteiger partial charge in [0.05, 0.1) is 31.9 Å². The zero-order valence-corrected chi connectivity index (χ0v) is 27.7. The summed E-state index contributed by atoms with van der Waals surface area (Å²) >= 11 is 6.38. The number of esters is 1. The number of allylic oxidation sites excluding steroid dienone is 1. The Labute approximate surface area is 272 Å². The van der Waals surface area contributed by atoms with Crippen LogP contribution in [0.1, 0.15) is 68.2 Å². The van der Waals surface area contributed by atoms with Crippen molar-refractivity contribution in [2.75, 3.05) is 46.0 Å². The van der Waals surface area contributed by atoms with Crippen molar-refractivity contribution in [1.29, 1.82) is 0 Å². The van der Waals surface area contributed by atoms with Crippen LogP contribution in [0.2, 0.25) is 5.02 Å². The Kier molecular flexibility index (Phi) is 13.3. The Bertz CT molecular complexity index is 1420. The van der Waals surface area contributed by atoms with Gasteiger partial charge in [-0.05, 0) is 43.4 Å². The number of carbonyl (C=O) groups is 2. The molecule has 9 nitrogen and oxygen atoms in total. The van der Waals surface area contributed by atoms with Crippen LogP contribution in [-0.2, 0) is 20.8 Å². The first kappa shape index (κ1) is 34.5. The third-order valence-corrected chi connectivity index (χ3v) is 8.10. The molecule has 45 heavy (non-hydrogen) atoms. The summed E-state index contributed by atoms with van der Waals surface area (Å²) in [6, 6.07) is 14.6. The smallest absolute Gasteiger partial charge is 0.355 e. The quantitative estimate of drug-likeness (QED) is 0.152. The molecule has 3 aromatic rings. The number of morpholine rings is 1. The van der Waals surface area contributed by atoms with E-state index in [9.17, 15) is 9.59 Å². The van der Waals surface area contributed by atoms with E-state index in [0.29, 0.717) is 43.4 Å². The molecule has 4 N–H and O–H groups in total. The predicted octanol–water partition coefficient (Wildman–Crippen LogP) is 5.58. The van der Waals surface area contributed by atoms with E-state index < -0.39 is 18.1 Å². The number of aromatic nitrogens is 1. The predicted molar refractivity (Wildman–Crippen MR) is 180 cm³/mol. The minimum absolute atomic E-state index is 0.0681. The number of nitrogens with one attached hydrogen (secondary N) is 4. The van der Waals surface area contributed by atoms with Crippen molar-refractivity contribution in [3.8, 4) is 0 Å². The molecule has 0 radical (unpaired) electrons. The summed E-state index contributed by atoms with van der Waals surface area (Å²) in [5, 5.41) is 11.9. The number of amides is 1. The maximum Gasteiger partial charge on any atom is 0.355 e. The first-order valence-electron chi connectivity index (χ1n) is 16.1.